The van der Waals surface area contributed by atoms with E-state index < -0.39 is 17.8 Å². The standard InChI is InChI=1S/C31H30BrFN2O7/c1-4-12-41-25-11-8-20(15-26(25)39-3)17-35-30(37)23(29(36)34-31(35)38)13-21-14-24(32)28(27(16-21)40-5-2)42-18-19-6-9-22(33)10-7-19/h6-11,13-16H,4-5,12,17-18H2,1-3H3,(H,34,36,38)/b23-13+. The molecule has 0 saturated carbocycles. The molecule has 220 valence electrons. The number of hydrogen-bond acceptors (Lipinski definition) is 7. The third-order valence-electron chi connectivity index (χ3n) is 6.16. The van der Waals surface area contributed by atoms with Gasteiger partial charge in [-0.3, -0.25) is 19.8 Å². The number of benzene rings is 3. The molecular weight excluding hydrogens is 611 g/mol. The Balaban J connectivity index is 1.58. The van der Waals surface area contributed by atoms with Gasteiger partial charge in [-0.1, -0.05) is 25.1 Å². The van der Waals surface area contributed by atoms with Crippen LogP contribution in [0.1, 0.15) is 37.0 Å². The number of imide groups is 2. The van der Waals surface area contributed by atoms with Crippen molar-refractivity contribution in [2.24, 2.45) is 0 Å². The van der Waals surface area contributed by atoms with Gasteiger partial charge in [-0.15, -0.1) is 0 Å². The third-order valence-corrected chi connectivity index (χ3v) is 6.74. The predicted molar refractivity (Wildman–Crippen MR) is 157 cm³/mol. The Morgan fingerprint density at radius 3 is 2.33 bits per heavy atom. The summed E-state index contributed by atoms with van der Waals surface area (Å²) in [6.07, 6.45) is 2.21. The number of carbonyl (C=O) groups is 3. The van der Waals surface area contributed by atoms with Gasteiger partial charge in [0.15, 0.2) is 23.0 Å². The van der Waals surface area contributed by atoms with E-state index in [1.165, 1.54) is 25.3 Å². The SMILES string of the molecule is CCCOc1ccc(CN2C(=O)NC(=O)/C(=C\c3cc(Br)c(OCc4ccc(F)cc4)c(OCC)c3)C2=O)cc1OC. The van der Waals surface area contributed by atoms with E-state index in [0.717, 1.165) is 16.9 Å². The van der Waals surface area contributed by atoms with Crippen LogP contribution in [0, 0.1) is 5.82 Å². The number of carbonyl (C=O) groups excluding carboxylic acids is 3. The molecule has 0 atom stereocenters. The predicted octanol–water partition coefficient (Wildman–Crippen LogP) is 6.03. The van der Waals surface area contributed by atoms with E-state index in [-0.39, 0.29) is 24.5 Å². The number of nitrogens with zero attached hydrogens (tertiary/aromatic N) is 1. The lowest BCUT2D eigenvalue weighted by Gasteiger charge is -2.26. The van der Waals surface area contributed by atoms with Crippen LogP contribution in [0.2, 0.25) is 0 Å². The molecule has 11 heteroatoms. The van der Waals surface area contributed by atoms with E-state index in [1.807, 2.05) is 13.8 Å². The molecule has 4 rings (SSSR count). The number of nitrogens with one attached hydrogen (secondary N) is 1. The molecule has 1 N–H and O–H groups in total. The van der Waals surface area contributed by atoms with Crippen LogP contribution in [0.25, 0.3) is 6.08 Å². The maximum atomic E-state index is 13.4. The normalized spacial score (nSPS) is 14.2. The van der Waals surface area contributed by atoms with Gasteiger partial charge in [-0.05, 0) is 88.4 Å². The molecule has 0 radical (unpaired) electrons. The molecule has 3 aromatic carbocycles. The van der Waals surface area contributed by atoms with Gasteiger partial charge in [0.1, 0.15) is 18.0 Å². The second-order valence-corrected chi connectivity index (χ2v) is 10.1. The maximum absolute atomic E-state index is 13.4. The van der Waals surface area contributed by atoms with Gasteiger partial charge in [0.25, 0.3) is 11.8 Å². The summed E-state index contributed by atoms with van der Waals surface area (Å²) < 4.78 is 36.6. The summed E-state index contributed by atoms with van der Waals surface area (Å²) >= 11 is 3.48. The van der Waals surface area contributed by atoms with Gasteiger partial charge >= 0.3 is 6.03 Å². The van der Waals surface area contributed by atoms with Gasteiger partial charge in [0.05, 0.1) is 31.3 Å². The number of barbiturate groups is 1. The molecule has 0 aromatic heterocycles. The van der Waals surface area contributed by atoms with Crippen LogP contribution >= 0.6 is 15.9 Å². The van der Waals surface area contributed by atoms with Gasteiger partial charge in [0, 0.05) is 0 Å². The van der Waals surface area contributed by atoms with Gasteiger partial charge in [0.2, 0.25) is 0 Å². The lowest BCUT2D eigenvalue weighted by atomic mass is 10.1. The zero-order valence-corrected chi connectivity index (χ0v) is 25.0. The molecule has 1 saturated heterocycles. The summed E-state index contributed by atoms with van der Waals surface area (Å²) in [6, 6.07) is 13.5. The minimum absolute atomic E-state index is 0.0935. The van der Waals surface area contributed by atoms with Crippen LogP contribution in [0.15, 0.2) is 64.6 Å². The van der Waals surface area contributed by atoms with E-state index in [1.54, 1.807) is 42.5 Å². The zero-order valence-electron chi connectivity index (χ0n) is 23.4. The molecule has 0 aliphatic carbocycles. The van der Waals surface area contributed by atoms with E-state index in [0.29, 0.717) is 51.8 Å². The first-order chi connectivity index (χ1) is 20.2. The van der Waals surface area contributed by atoms with Crippen LogP contribution in [0.3, 0.4) is 0 Å². The molecule has 1 fully saturated rings. The maximum Gasteiger partial charge on any atom is 0.331 e. The number of rotatable bonds is 12. The van der Waals surface area contributed by atoms with Crippen LogP contribution in [-0.4, -0.2) is 43.1 Å². The van der Waals surface area contributed by atoms with Crippen LogP contribution in [-0.2, 0) is 22.7 Å². The van der Waals surface area contributed by atoms with Gasteiger partial charge < -0.3 is 18.9 Å². The fourth-order valence-corrected chi connectivity index (χ4v) is 4.71. The molecule has 9 nitrogen and oxygen atoms in total. The molecule has 0 unspecified atom stereocenters. The second-order valence-electron chi connectivity index (χ2n) is 9.22. The summed E-state index contributed by atoms with van der Waals surface area (Å²) in [5.41, 5.74) is 1.61. The quantitative estimate of drug-likeness (QED) is 0.191. The molecular formula is C31H30BrFN2O7. The first-order valence-corrected chi connectivity index (χ1v) is 14.1. The number of ether oxygens (including phenoxy) is 4. The lowest BCUT2D eigenvalue weighted by molar-refractivity contribution is -0.130. The minimum Gasteiger partial charge on any atom is -0.493 e. The Labute approximate surface area is 251 Å². The van der Waals surface area contributed by atoms with Crippen molar-refractivity contribution in [2.45, 2.75) is 33.4 Å². The monoisotopic (exact) mass is 640 g/mol. The highest BCUT2D eigenvalue weighted by atomic mass is 79.9. The summed E-state index contributed by atoms with van der Waals surface area (Å²) in [5.74, 6) is -0.118. The molecule has 1 aliphatic heterocycles. The Morgan fingerprint density at radius 2 is 1.64 bits per heavy atom. The molecule has 42 heavy (non-hydrogen) atoms. The topological polar surface area (TPSA) is 103 Å². The van der Waals surface area contributed by atoms with Crippen LogP contribution in [0.4, 0.5) is 9.18 Å². The van der Waals surface area contributed by atoms with E-state index in [2.05, 4.69) is 21.2 Å². The third kappa shape index (κ3) is 7.27. The molecule has 3 aromatic rings. The van der Waals surface area contributed by atoms with E-state index in [9.17, 15) is 18.8 Å². The summed E-state index contributed by atoms with van der Waals surface area (Å²) in [6.45, 7) is 4.70. The number of amides is 4. The lowest BCUT2D eigenvalue weighted by Crippen LogP contribution is -2.53. The van der Waals surface area contributed by atoms with Crippen molar-refractivity contribution >= 4 is 39.9 Å². The number of methoxy groups -OCH3 is 1. The van der Waals surface area contributed by atoms with Crippen LogP contribution < -0.4 is 24.3 Å². The van der Waals surface area contributed by atoms with Crippen molar-refractivity contribution in [3.05, 3.63) is 87.2 Å². The van der Waals surface area contributed by atoms with Crippen LogP contribution in [0.5, 0.6) is 23.0 Å². The Bertz CT molecular complexity index is 1510. The summed E-state index contributed by atoms with van der Waals surface area (Å²) in [7, 11) is 1.50. The van der Waals surface area contributed by atoms with Gasteiger partial charge in [-0.2, -0.15) is 0 Å². The second kappa shape index (κ2) is 14.0. The largest absolute Gasteiger partial charge is 0.493 e. The van der Waals surface area contributed by atoms with Crippen molar-refractivity contribution in [1.29, 1.82) is 0 Å². The highest BCUT2D eigenvalue weighted by Crippen LogP contribution is 2.38. The van der Waals surface area contributed by atoms with Crippen molar-refractivity contribution < 1.29 is 37.7 Å². The molecule has 0 spiro atoms. The Morgan fingerprint density at radius 1 is 0.905 bits per heavy atom. The van der Waals surface area contributed by atoms with Gasteiger partial charge in [-0.25, -0.2) is 9.18 Å². The summed E-state index contributed by atoms with van der Waals surface area (Å²) in [4.78, 5) is 39.7. The Kier molecular flexibility index (Phi) is 10.2. The van der Waals surface area contributed by atoms with Crippen molar-refractivity contribution in [3.8, 4) is 23.0 Å². The average Bonchev–Trinajstić information content (AvgIpc) is 2.97. The number of urea groups is 1. The molecule has 1 aliphatic rings. The average molecular weight is 641 g/mol. The van der Waals surface area contributed by atoms with E-state index >= 15 is 0 Å². The fraction of sp³-hybridized carbons (Fsp3) is 0.258. The number of hydrogen-bond donors (Lipinski definition) is 1. The van der Waals surface area contributed by atoms with Crippen molar-refractivity contribution in [3.63, 3.8) is 0 Å². The zero-order chi connectivity index (χ0) is 30.2. The highest BCUT2D eigenvalue weighted by Gasteiger charge is 2.36. The molecule has 4 amide bonds. The number of halogens is 2. The molecule has 0 bridgehead atoms. The minimum atomic E-state index is -0.826. The highest BCUT2D eigenvalue weighted by molar-refractivity contribution is 9.10. The van der Waals surface area contributed by atoms with Crippen molar-refractivity contribution in [1.82, 2.24) is 10.2 Å². The van der Waals surface area contributed by atoms with Crippen molar-refractivity contribution in [2.75, 3.05) is 20.3 Å². The first kappa shape index (κ1) is 30.6. The first-order valence-electron chi connectivity index (χ1n) is 13.3. The molecule has 1 heterocycles. The summed E-state index contributed by atoms with van der Waals surface area (Å²) in [5, 5.41) is 2.24. The van der Waals surface area contributed by atoms with E-state index in [4.69, 9.17) is 18.9 Å². The Hall–Kier alpha value is -4.38. The fourth-order valence-electron chi connectivity index (χ4n) is 4.14. The smallest absolute Gasteiger partial charge is 0.331 e.